The Morgan fingerprint density at radius 1 is 1.27 bits per heavy atom. The van der Waals surface area contributed by atoms with Crippen molar-refractivity contribution in [2.45, 2.75) is 51.6 Å². The molecule has 15 heavy (non-hydrogen) atoms. The smallest absolute Gasteiger partial charge is 0.332 e. The maximum absolute atomic E-state index is 10.7. The SMILES string of the molecule is CCCCCCC[C@@H](OCOC)C(=O)O. The molecule has 0 saturated carbocycles. The van der Waals surface area contributed by atoms with Crippen LogP contribution in [0.1, 0.15) is 45.4 Å². The van der Waals surface area contributed by atoms with Crippen LogP contribution in [0, 0.1) is 0 Å². The molecule has 0 aliphatic heterocycles. The van der Waals surface area contributed by atoms with Crippen LogP contribution >= 0.6 is 0 Å². The zero-order valence-corrected chi connectivity index (χ0v) is 9.70. The average Bonchev–Trinajstić information content (AvgIpc) is 2.21. The number of carboxylic acid groups (broad SMARTS) is 1. The monoisotopic (exact) mass is 218 g/mol. The third-order valence-electron chi connectivity index (χ3n) is 2.23. The number of hydrogen-bond acceptors (Lipinski definition) is 3. The number of ether oxygens (including phenoxy) is 2. The topological polar surface area (TPSA) is 55.8 Å². The summed E-state index contributed by atoms with van der Waals surface area (Å²) in [6.07, 6.45) is 5.43. The molecule has 0 aromatic carbocycles. The second kappa shape index (κ2) is 9.93. The van der Waals surface area contributed by atoms with Gasteiger partial charge in [-0.25, -0.2) is 4.79 Å². The fourth-order valence-electron chi connectivity index (χ4n) is 1.36. The van der Waals surface area contributed by atoms with Crippen LogP contribution in [0.2, 0.25) is 0 Å². The molecule has 90 valence electrons. The summed E-state index contributed by atoms with van der Waals surface area (Å²) in [5.74, 6) is -0.900. The van der Waals surface area contributed by atoms with Crippen LogP contribution in [-0.2, 0) is 14.3 Å². The highest BCUT2D eigenvalue weighted by molar-refractivity contribution is 5.72. The standard InChI is InChI=1S/C11H22O4/c1-3-4-5-6-7-8-10(11(12)13)15-9-14-2/h10H,3-9H2,1-2H3,(H,12,13)/t10-/m1/s1. The molecule has 0 fully saturated rings. The van der Waals surface area contributed by atoms with E-state index in [0.29, 0.717) is 6.42 Å². The van der Waals surface area contributed by atoms with Gasteiger partial charge in [0.2, 0.25) is 0 Å². The summed E-state index contributed by atoms with van der Waals surface area (Å²) in [5.41, 5.74) is 0. The molecule has 0 amide bonds. The van der Waals surface area contributed by atoms with Gasteiger partial charge in [0, 0.05) is 7.11 Å². The summed E-state index contributed by atoms with van der Waals surface area (Å²) in [6.45, 7) is 2.20. The lowest BCUT2D eigenvalue weighted by Crippen LogP contribution is -2.24. The van der Waals surface area contributed by atoms with E-state index in [0.717, 1.165) is 12.8 Å². The maximum atomic E-state index is 10.7. The first-order valence-electron chi connectivity index (χ1n) is 5.55. The Balaban J connectivity index is 3.53. The molecule has 0 aliphatic rings. The normalized spacial score (nSPS) is 12.7. The molecule has 0 aliphatic carbocycles. The van der Waals surface area contributed by atoms with E-state index in [-0.39, 0.29) is 6.79 Å². The summed E-state index contributed by atoms with van der Waals surface area (Å²) >= 11 is 0. The van der Waals surface area contributed by atoms with Gasteiger partial charge in [0.05, 0.1) is 0 Å². The summed E-state index contributed by atoms with van der Waals surface area (Å²) in [6, 6.07) is 0. The van der Waals surface area contributed by atoms with Crippen LogP contribution in [0.15, 0.2) is 0 Å². The van der Waals surface area contributed by atoms with E-state index in [9.17, 15) is 4.79 Å². The van der Waals surface area contributed by atoms with Crippen molar-refractivity contribution in [3.63, 3.8) is 0 Å². The lowest BCUT2D eigenvalue weighted by Gasteiger charge is -2.12. The van der Waals surface area contributed by atoms with Crippen molar-refractivity contribution >= 4 is 5.97 Å². The largest absolute Gasteiger partial charge is 0.479 e. The van der Waals surface area contributed by atoms with Gasteiger partial charge in [-0.3, -0.25) is 0 Å². The van der Waals surface area contributed by atoms with Gasteiger partial charge in [0.15, 0.2) is 6.10 Å². The van der Waals surface area contributed by atoms with Crippen LogP contribution in [0.25, 0.3) is 0 Å². The minimum atomic E-state index is -0.900. The van der Waals surface area contributed by atoms with Crippen molar-refractivity contribution in [3.05, 3.63) is 0 Å². The van der Waals surface area contributed by atoms with Crippen LogP contribution < -0.4 is 0 Å². The third-order valence-corrected chi connectivity index (χ3v) is 2.23. The number of hydrogen-bond donors (Lipinski definition) is 1. The number of carbonyl (C=O) groups is 1. The molecule has 0 rings (SSSR count). The fraction of sp³-hybridized carbons (Fsp3) is 0.909. The van der Waals surface area contributed by atoms with Crippen LogP contribution in [-0.4, -0.2) is 31.1 Å². The second-order valence-electron chi connectivity index (χ2n) is 3.60. The average molecular weight is 218 g/mol. The zero-order valence-electron chi connectivity index (χ0n) is 9.70. The number of carboxylic acids is 1. The number of rotatable bonds is 10. The Morgan fingerprint density at radius 2 is 1.93 bits per heavy atom. The van der Waals surface area contributed by atoms with Crippen molar-refractivity contribution in [2.75, 3.05) is 13.9 Å². The van der Waals surface area contributed by atoms with Crippen LogP contribution in [0.5, 0.6) is 0 Å². The molecule has 1 atom stereocenters. The quantitative estimate of drug-likeness (QED) is 0.452. The van der Waals surface area contributed by atoms with Crippen molar-refractivity contribution < 1.29 is 19.4 Å². The Kier molecular flexibility index (Phi) is 9.52. The summed E-state index contributed by atoms with van der Waals surface area (Å²) < 4.78 is 9.72. The van der Waals surface area contributed by atoms with Crippen LogP contribution in [0.4, 0.5) is 0 Å². The molecule has 0 heterocycles. The first-order valence-corrected chi connectivity index (χ1v) is 5.55. The van der Waals surface area contributed by atoms with Gasteiger partial charge in [0.25, 0.3) is 0 Å². The van der Waals surface area contributed by atoms with E-state index in [4.69, 9.17) is 9.84 Å². The molecule has 4 nitrogen and oxygen atoms in total. The third kappa shape index (κ3) is 8.39. The van der Waals surface area contributed by atoms with Crippen molar-refractivity contribution in [1.29, 1.82) is 0 Å². The van der Waals surface area contributed by atoms with Gasteiger partial charge in [0.1, 0.15) is 6.79 Å². The van der Waals surface area contributed by atoms with E-state index < -0.39 is 12.1 Å². The molecule has 0 spiro atoms. The molecule has 0 aromatic rings. The first-order chi connectivity index (χ1) is 7.22. The Bertz CT molecular complexity index is 159. The molecule has 1 N–H and O–H groups in total. The van der Waals surface area contributed by atoms with E-state index in [1.54, 1.807) is 0 Å². The van der Waals surface area contributed by atoms with Gasteiger partial charge >= 0.3 is 5.97 Å². The second-order valence-corrected chi connectivity index (χ2v) is 3.60. The maximum Gasteiger partial charge on any atom is 0.332 e. The zero-order chi connectivity index (χ0) is 11.5. The number of methoxy groups -OCH3 is 1. The molecular weight excluding hydrogens is 196 g/mol. The lowest BCUT2D eigenvalue weighted by molar-refractivity contribution is -0.159. The van der Waals surface area contributed by atoms with Gasteiger partial charge in [-0.2, -0.15) is 0 Å². The minimum Gasteiger partial charge on any atom is -0.479 e. The minimum absolute atomic E-state index is 0.0475. The molecule has 4 heteroatoms. The highest BCUT2D eigenvalue weighted by Crippen LogP contribution is 2.09. The molecule has 0 bridgehead atoms. The van der Waals surface area contributed by atoms with E-state index in [1.165, 1.54) is 26.4 Å². The van der Waals surface area contributed by atoms with E-state index in [1.807, 2.05) is 0 Å². The lowest BCUT2D eigenvalue weighted by atomic mass is 10.1. The van der Waals surface area contributed by atoms with Gasteiger partial charge in [-0.1, -0.05) is 39.0 Å². The summed E-state index contributed by atoms with van der Waals surface area (Å²) in [5, 5.41) is 8.82. The van der Waals surface area contributed by atoms with E-state index >= 15 is 0 Å². The number of unbranched alkanes of at least 4 members (excludes halogenated alkanes) is 4. The molecular formula is C11H22O4. The predicted molar refractivity (Wildman–Crippen MR) is 57.8 cm³/mol. The fourth-order valence-corrected chi connectivity index (χ4v) is 1.36. The summed E-state index contributed by atoms with van der Waals surface area (Å²) in [4.78, 5) is 10.7. The van der Waals surface area contributed by atoms with Gasteiger partial charge in [-0.05, 0) is 6.42 Å². The molecule has 0 aromatic heterocycles. The Labute approximate surface area is 91.6 Å². The molecule has 0 unspecified atom stereocenters. The highest BCUT2D eigenvalue weighted by Gasteiger charge is 2.16. The van der Waals surface area contributed by atoms with Crippen LogP contribution in [0.3, 0.4) is 0 Å². The highest BCUT2D eigenvalue weighted by atomic mass is 16.7. The van der Waals surface area contributed by atoms with Gasteiger partial charge < -0.3 is 14.6 Å². The van der Waals surface area contributed by atoms with Crippen molar-refractivity contribution in [3.8, 4) is 0 Å². The van der Waals surface area contributed by atoms with Crippen molar-refractivity contribution in [1.82, 2.24) is 0 Å². The predicted octanol–water partition coefficient (Wildman–Crippen LogP) is 2.42. The molecule has 0 radical (unpaired) electrons. The van der Waals surface area contributed by atoms with Gasteiger partial charge in [-0.15, -0.1) is 0 Å². The Hall–Kier alpha value is -0.610. The summed E-state index contributed by atoms with van der Waals surface area (Å²) in [7, 11) is 1.49. The first kappa shape index (κ1) is 14.4. The van der Waals surface area contributed by atoms with E-state index in [2.05, 4.69) is 11.7 Å². The molecule has 0 saturated heterocycles. The van der Waals surface area contributed by atoms with Crippen molar-refractivity contribution in [2.24, 2.45) is 0 Å². The Morgan fingerprint density at radius 3 is 2.47 bits per heavy atom. The number of aliphatic carboxylic acids is 1.